The molecule has 0 aliphatic carbocycles. The summed E-state index contributed by atoms with van der Waals surface area (Å²) in [7, 11) is 4.56. The van der Waals surface area contributed by atoms with E-state index in [1.165, 1.54) is 14.1 Å². The number of halogens is 3. The lowest BCUT2D eigenvalue weighted by Crippen LogP contribution is -2.48. The van der Waals surface area contributed by atoms with Crippen molar-refractivity contribution < 1.29 is 49.8 Å². The lowest BCUT2D eigenvalue weighted by molar-refractivity contribution is -0.145. The van der Waals surface area contributed by atoms with E-state index in [4.69, 9.17) is 25.2 Å². The van der Waals surface area contributed by atoms with Gasteiger partial charge in [0.15, 0.2) is 6.10 Å². The Kier molecular flexibility index (Phi) is 19.2. The van der Waals surface area contributed by atoms with Gasteiger partial charge in [-0.2, -0.15) is 0 Å². The van der Waals surface area contributed by atoms with Crippen molar-refractivity contribution in [1.82, 2.24) is 16.0 Å². The third kappa shape index (κ3) is 11.3. The van der Waals surface area contributed by atoms with E-state index in [9.17, 15) is 24.6 Å². The second-order valence-corrected chi connectivity index (χ2v) is 11.4. The summed E-state index contributed by atoms with van der Waals surface area (Å²) in [6, 6.07) is 0. The summed E-state index contributed by atoms with van der Waals surface area (Å²) in [6.07, 6.45) is -4.83. The highest BCUT2D eigenvalue weighted by Gasteiger charge is 2.31. The fraction of sp³-hybridized carbons (Fsp3) is 0.609. The Balaban J connectivity index is 0.000000935. The Morgan fingerprint density at radius 1 is 0.846 bits per heavy atom. The molecule has 0 bridgehead atoms. The fourth-order valence-corrected chi connectivity index (χ4v) is 7.45. The molecule has 224 valence electrons. The van der Waals surface area contributed by atoms with Gasteiger partial charge in [0, 0.05) is 24.2 Å². The normalized spacial score (nSPS) is 14.7. The van der Waals surface area contributed by atoms with E-state index in [-0.39, 0.29) is 24.1 Å². The van der Waals surface area contributed by atoms with E-state index in [2.05, 4.69) is 16.0 Å². The zero-order valence-corrected chi connectivity index (χ0v) is 28.3. The maximum atomic E-state index is 12.3. The molecule has 0 aliphatic rings. The van der Waals surface area contributed by atoms with Crippen molar-refractivity contribution in [2.24, 2.45) is 0 Å². The SMILES string of the molecule is CCCCC(Oc1c(I)c(C(=O)NC)c(I)c(C(=O)NC)c1I)C(=O)O.CNC[C@H](O)[C@@H](O)[C@H](O)[C@H](O)CO. The largest absolute Gasteiger partial charge is 0.479 e. The van der Waals surface area contributed by atoms with Crippen LogP contribution in [-0.4, -0.2) is 113 Å². The van der Waals surface area contributed by atoms with Gasteiger partial charge in [-0.25, -0.2) is 4.79 Å². The smallest absolute Gasteiger partial charge is 0.344 e. The number of ether oxygens (including phenoxy) is 1. The number of aliphatic hydroxyl groups excluding tert-OH is 5. The van der Waals surface area contributed by atoms with Crippen LogP contribution in [0.1, 0.15) is 46.9 Å². The minimum absolute atomic E-state index is 0.0936. The number of hydrogen-bond acceptors (Lipinski definition) is 10. The van der Waals surface area contributed by atoms with E-state index in [1.54, 1.807) is 7.05 Å². The van der Waals surface area contributed by atoms with E-state index < -0.39 is 43.1 Å². The first-order valence-corrected chi connectivity index (χ1v) is 15.0. The van der Waals surface area contributed by atoms with Gasteiger partial charge in [0.1, 0.15) is 24.1 Å². The van der Waals surface area contributed by atoms with Crippen molar-refractivity contribution in [2.75, 3.05) is 34.3 Å². The first-order valence-electron chi connectivity index (χ1n) is 11.8. The fourth-order valence-electron chi connectivity index (χ4n) is 3.05. The molecular formula is C23H36I3N3O10. The number of benzene rings is 1. The van der Waals surface area contributed by atoms with Gasteiger partial charge >= 0.3 is 5.97 Å². The summed E-state index contributed by atoms with van der Waals surface area (Å²) < 4.78 is 7.23. The van der Waals surface area contributed by atoms with Crippen LogP contribution < -0.4 is 20.7 Å². The van der Waals surface area contributed by atoms with Crippen LogP contribution in [0, 0.1) is 10.7 Å². The van der Waals surface area contributed by atoms with Crippen LogP contribution >= 0.6 is 67.8 Å². The molecule has 0 spiro atoms. The molecule has 9 N–H and O–H groups in total. The molecule has 0 saturated carbocycles. The molecule has 0 aliphatic heterocycles. The molecule has 1 unspecified atom stereocenters. The molecule has 0 fully saturated rings. The lowest BCUT2D eigenvalue weighted by atomic mass is 10.0. The van der Waals surface area contributed by atoms with Crippen LogP contribution in [0.3, 0.4) is 0 Å². The number of carbonyl (C=O) groups is 3. The second-order valence-electron chi connectivity index (χ2n) is 8.12. The predicted octanol–water partition coefficient (Wildman–Crippen LogP) is -0.116. The number of aliphatic hydroxyl groups is 5. The molecular weight excluding hydrogens is 859 g/mol. The number of aliphatic carboxylic acids is 1. The highest BCUT2D eigenvalue weighted by atomic mass is 127. The van der Waals surface area contributed by atoms with Crippen molar-refractivity contribution in [2.45, 2.75) is 56.7 Å². The minimum Gasteiger partial charge on any atom is -0.479 e. The molecule has 1 rings (SSSR count). The summed E-state index contributed by atoms with van der Waals surface area (Å²) in [4.78, 5) is 36.3. The summed E-state index contributed by atoms with van der Waals surface area (Å²) in [6.45, 7) is 1.39. The summed E-state index contributed by atoms with van der Waals surface area (Å²) >= 11 is 5.87. The maximum Gasteiger partial charge on any atom is 0.344 e. The molecule has 5 atom stereocenters. The molecule has 0 radical (unpaired) electrons. The average Bonchev–Trinajstić information content (AvgIpc) is 2.91. The van der Waals surface area contributed by atoms with Gasteiger partial charge in [0.05, 0.1) is 31.0 Å². The predicted molar refractivity (Wildman–Crippen MR) is 168 cm³/mol. The Bertz CT molecular complexity index is 927. The molecule has 13 nitrogen and oxygen atoms in total. The Morgan fingerprint density at radius 3 is 1.67 bits per heavy atom. The van der Waals surface area contributed by atoms with Crippen molar-refractivity contribution >= 4 is 85.6 Å². The van der Waals surface area contributed by atoms with Crippen LogP contribution in [0.5, 0.6) is 5.75 Å². The monoisotopic (exact) mass is 895 g/mol. The van der Waals surface area contributed by atoms with Gasteiger partial charge in [0.2, 0.25) is 0 Å². The number of likely N-dealkylation sites (N-methyl/N-ethyl adjacent to an activating group) is 1. The Morgan fingerprint density at radius 2 is 1.31 bits per heavy atom. The molecule has 0 saturated heterocycles. The molecule has 2 amide bonds. The summed E-state index contributed by atoms with van der Waals surface area (Å²) in [5.41, 5.74) is 0.588. The zero-order valence-electron chi connectivity index (χ0n) is 21.9. The molecule has 0 heterocycles. The third-order valence-electron chi connectivity index (χ3n) is 5.28. The summed E-state index contributed by atoms with van der Waals surface area (Å²) in [5, 5.41) is 62.0. The van der Waals surface area contributed by atoms with Gasteiger partial charge in [-0.3, -0.25) is 9.59 Å². The molecule has 1 aromatic carbocycles. The first kappa shape index (κ1) is 38.4. The number of hydrogen-bond donors (Lipinski definition) is 9. The van der Waals surface area contributed by atoms with Gasteiger partial charge < -0.3 is 51.3 Å². The number of unbranched alkanes of at least 4 members (excludes halogenated alkanes) is 1. The van der Waals surface area contributed by atoms with Crippen LogP contribution in [0.4, 0.5) is 0 Å². The molecule has 16 heteroatoms. The minimum atomic E-state index is -1.55. The van der Waals surface area contributed by atoms with Crippen molar-refractivity contribution in [3.8, 4) is 5.75 Å². The van der Waals surface area contributed by atoms with E-state index in [0.29, 0.717) is 34.7 Å². The number of nitrogens with one attached hydrogen (secondary N) is 3. The number of rotatable bonds is 14. The topological polar surface area (TPSA) is 218 Å². The third-order valence-corrected chi connectivity index (χ3v) is 8.42. The van der Waals surface area contributed by atoms with E-state index in [1.807, 2.05) is 74.7 Å². The number of carboxylic acids is 1. The van der Waals surface area contributed by atoms with Crippen molar-refractivity contribution in [3.63, 3.8) is 0 Å². The first-order chi connectivity index (χ1) is 18.2. The molecule has 1 aromatic rings. The Labute approximate surface area is 267 Å². The standard InChI is InChI=1S/C16H19I3N2O5.C7H17NO5/c1-4-5-6-7(16(24)25)26-13-11(18)8(14(22)20-2)10(17)9(12(13)19)15(23)21-3;1-8-2-4(10)6(12)7(13)5(11)3-9/h7H,4-6H2,1-3H3,(H,20,22)(H,21,23)(H,24,25);4-13H,2-3H2,1H3/t;4-,5+,6+,7+/m.0/s1. The van der Waals surface area contributed by atoms with Gasteiger partial charge in [-0.15, -0.1) is 0 Å². The van der Waals surface area contributed by atoms with Crippen LogP contribution in [-0.2, 0) is 4.79 Å². The van der Waals surface area contributed by atoms with Gasteiger partial charge in [0.25, 0.3) is 11.8 Å². The number of carbonyl (C=O) groups excluding carboxylic acids is 2. The average molecular weight is 895 g/mol. The maximum absolute atomic E-state index is 12.3. The van der Waals surface area contributed by atoms with Crippen molar-refractivity contribution in [1.29, 1.82) is 0 Å². The van der Waals surface area contributed by atoms with Crippen LogP contribution in [0.15, 0.2) is 0 Å². The van der Waals surface area contributed by atoms with Crippen LogP contribution in [0.25, 0.3) is 0 Å². The quantitative estimate of drug-likeness (QED) is 0.112. The number of carboxylic acid groups (broad SMARTS) is 1. The van der Waals surface area contributed by atoms with Gasteiger partial charge in [-0.1, -0.05) is 13.3 Å². The highest BCUT2D eigenvalue weighted by molar-refractivity contribution is 14.1. The Hall–Kier alpha value is -0.620. The molecule has 0 aromatic heterocycles. The lowest BCUT2D eigenvalue weighted by Gasteiger charge is -2.25. The molecule has 39 heavy (non-hydrogen) atoms. The van der Waals surface area contributed by atoms with E-state index >= 15 is 0 Å². The van der Waals surface area contributed by atoms with E-state index in [0.717, 1.165) is 6.42 Å². The highest BCUT2D eigenvalue weighted by Crippen LogP contribution is 2.38. The van der Waals surface area contributed by atoms with Crippen molar-refractivity contribution in [3.05, 3.63) is 21.8 Å². The zero-order chi connectivity index (χ0) is 30.4. The number of amides is 2. The summed E-state index contributed by atoms with van der Waals surface area (Å²) in [5.74, 6) is -1.57. The van der Waals surface area contributed by atoms with Crippen LogP contribution in [0.2, 0.25) is 0 Å². The second kappa shape index (κ2) is 19.5. The van der Waals surface area contributed by atoms with Gasteiger partial charge in [-0.05, 0) is 87.7 Å².